The van der Waals surface area contributed by atoms with Crippen LogP contribution in [-0.4, -0.2) is 40.0 Å². The lowest BCUT2D eigenvalue weighted by atomic mass is 9.76. The molecule has 1 aromatic heterocycles. The van der Waals surface area contributed by atoms with Crippen LogP contribution in [0.2, 0.25) is 0 Å². The van der Waals surface area contributed by atoms with Crippen molar-refractivity contribution in [1.29, 1.82) is 0 Å². The first kappa shape index (κ1) is 14.2. The molecule has 106 valence electrons. The third kappa shape index (κ3) is 3.04. The largest absolute Gasteiger partial charge is 0.383 e. The van der Waals surface area contributed by atoms with Crippen LogP contribution >= 0.6 is 0 Å². The van der Waals surface area contributed by atoms with Crippen molar-refractivity contribution in [2.24, 2.45) is 5.92 Å². The first-order chi connectivity index (χ1) is 9.07. The van der Waals surface area contributed by atoms with E-state index >= 15 is 0 Å². The van der Waals surface area contributed by atoms with Gasteiger partial charge in [-0.3, -0.25) is 9.48 Å². The van der Waals surface area contributed by atoms with Crippen molar-refractivity contribution >= 4 is 5.78 Å². The average molecular weight is 266 g/mol. The molecule has 0 bridgehead atoms. The van der Waals surface area contributed by atoms with Crippen LogP contribution in [0.4, 0.5) is 0 Å². The van der Waals surface area contributed by atoms with Crippen molar-refractivity contribution < 1.29 is 14.6 Å². The number of Topliss-reactive ketones (excluding diaryl/α,β-unsaturated/α-hetero) is 1. The highest BCUT2D eigenvalue weighted by Crippen LogP contribution is 2.34. The Morgan fingerprint density at radius 3 is 2.89 bits per heavy atom. The fourth-order valence-electron chi connectivity index (χ4n) is 2.59. The summed E-state index contributed by atoms with van der Waals surface area (Å²) >= 11 is 0. The van der Waals surface area contributed by atoms with E-state index in [1.165, 1.54) is 0 Å². The molecular weight excluding hydrogens is 244 g/mol. The van der Waals surface area contributed by atoms with Gasteiger partial charge in [-0.15, -0.1) is 0 Å². The summed E-state index contributed by atoms with van der Waals surface area (Å²) in [5.41, 5.74) is -0.730. The average Bonchev–Trinajstić information content (AvgIpc) is 2.87. The maximum absolute atomic E-state index is 12.5. The molecule has 0 atom stereocenters. The van der Waals surface area contributed by atoms with Crippen molar-refractivity contribution in [3.8, 4) is 0 Å². The SMILES string of the molecule is COCCn1nccc1C(=O)C1(O)CCC(C)CC1. The molecule has 1 aliphatic carbocycles. The second kappa shape index (κ2) is 5.84. The van der Waals surface area contributed by atoms with Crippen LogP contribution in [0.3, 0.4) is 0 Å². The molecule has 5 heteroatoms. The van der Waals surface area contributed by atoms with Gasteiger partial charge in [-0.1, -0.05) is 6.92 Å². The second-order valence-electron chi connectivity index (χ2n) is 5.48. The molecule has 1 saturated carbocycles. The summed E-state index contributed by atoms with van der Waals surface area (Å²) in [6.45, 7) is 3.18. The van der Waals surface area contributed by atoms with Crippen LogP contribution in [0.5, 0.6) is 0 Å². The minimum Gasteiger partial charge on any atom is -0.383 e. The normalized spacial score (nSPS) is 27.4. The standard InChI is InChI=1S/C14H22N2O3/c1-11-3-6-14(18,7-4-11)13(17)12-5-8-15-16(12)9-10-19-2/h5,8,11,18H,3-4,6-7,9-10H2,1-2H3. The van der Waals surface area contributed by atoms with Crippen LogP contribution in [0, 0.1) is 5.92 Å². The molecule has 0 unspecified atom stereocenters. The molecule has 1 aromatic rings. The lowest BCUT2D eigenvalue weighted by molar-refractivity contribution is 0.00325. The number of methoxy groups -OCH3 is 1. The van der Waals surface area contributed by atoms with Gasteiger partial charge < -0.3 is 9.84 Å². The summed E-state index contributed by atoms with van der Waals surface area (Å²) in [5.74, 6) is 0.388. The summed E-state index contributed by atoms with van der Waals surface area (Å²) in [6, 6.07) is 1.67. The van der Waals surface area contributed by atoms with Crippen LogP contribution in [0.15, 0.2) is 12.3 Å². The zero-order valence-electron chi connectivity index (χ0n) is 11.6. The van der Waals surface area contributed by atoms with Crippen molar-refractivity contribution in [3.63, 3.8) is 0 Å². The fraction of sp³-hybridized carbons (Fsp3) is 0.714. The topological polar surface area (TPSA) is 64.4 Å². The van der Waals surface area contributed by atoms with Crippen LogP contribution in [0.1, 0.15) is 43.1 Å². The van der Waals surface area contributed by atoms with Gasteiger partial charge in [-0.2, -0.15) is 5.10 Å². The van der Waals surface area contributed by atoms with Crippen LogP contribution in [-0.2, 0) is 11.3 Å². The number of ketones is 1. The number of carbonyl (C=O) groups is 1. The third-order valence-corrected chi connectivity index (χ3v) is 3.98. The van der Waals surface area contributed by atoms with E-state index < -0.39 is 5.60 Å². The first-order valence-corrected chi connectivity index (χ1v) is 6.85. The van der Waals surface area contributed by atoms with Gasteiger partial charge in [-0.05, 0) is 37.7 Å². The van der Waals surface area contributed by atoms with Crippen molar-refractivity contribution in [3.05, 3.63) is 18.0 Å². The van der Waals surface area contributed by atoms with E-state index in [2.05, 4.69) is 12.0 Å². The van der Waals surface area contributed by atoms with E-state index in [9.17, 15) is 9.90 Å². The minimum absolute atomic E-state index is 0.201. The van der Waals surface area contributed by atoms with Crippen LogP contribution < -0.4 is 0 Å². The molecule has 0 spiro atoms. The summed E-state index contributed by atoms with van der Waals surface area (Å²) in [6.07, 6.45) is 4.48. The molecule has 1 N–H and O–H groups in total. The Kier molecular flexibility index (Phi) is 4.37. The maximum Gasteiger partial charge on any atom is 0.212 e. The predicted molar refractivity (Wildman–Crippen MR) is 71.0 cm³/mol. The highest BCUT2D eigenvalue weighted by molar-refractivity contribution is 6.01. The first-order valence-electron chi connectivity index (χ1n) is 6.85. The lowest BCUT2D eigenvalue weighted by Gasteiger charge is -2.33. The molecular formula is C14H22N2O3. The Balaban J connectivity index is 2.13. The maximum atomic E-state index is 12.5. The van der Waals surface area contributed by atoms with Gasteiger partial charge in [0.1, 0.15) is 11.3 Å². The van der Waals surface area contributed by atoms with Gasteiger partial charge in [-0.25, -0.2) is 0 Å². The van der Waals surface area contributed by atoms with Gasteiger partial charge in [0.15, 0.2) is 0 Å². The highest BCUT2D eigenvalue weighted by Gasteiger charge is 2.40. The number of carbonyl (C=O) groups excluding carboxylic acids is 1. The quantitative estimate of drug-likeness (QED) is 0.823. The van der Waals surface area contributed by atoms with Gasteiger partial charge in [0.05, 0.1) is 13.2 Å². The summed E-state index contributed by atoms with van der Waals surface area (Å²) in [4.78, 5) is 12.5. The molecule has 0 radical (unpaired) electrons. The molecule has 0 aromatic carbocycles. The predicted octanol–water partition coefficient (Wildman–Crippen LogP) is 1.65. The smallest absolute Gasteiger partial charge is 0.212 e. The molecule has 0 saturated heterocycles. The zero-order valence-corrected chi connectivity index (χ0v) is 11.6. The van der Waals surface area contributed by atoms with E-state index in [4.69, 9.17) is 4.74 Å². The third-order valence-electron chi connectivity index (χ3n) is 3.98. The number of aliphatic hydroxyl groups is 1. The van der Waals surface area contributed by atoms with E-state index in [0.29, 0.717) is 37.6 Å². The molecule has 1 aliphatic rings. The van der Waals surface area contributed by atoms with Crippen LogP contribution in [0.25, 0.3) is 0 Å². The summed E-state index contributed by atoms with van der Waals surface area (Å²) in [5, 5.41) is 14.7. The number of hydrogen-bond acceptors (Lipinski definition) is 4. The van der Waals surface area contributed by atoms with Gasteiger partial charge in [0, 0.05) is 13.3 Å². The van der Waals surface area contributed by atoms with E-state index in [0.717, 1.165) is 12.8 Å². The minimum atomic E-state index is -1.21. The number of ether oxygens (including phenoxy) is 1. The van der Waals surface area contributed by atoms with Gasteiger partial charge in [0.2, 0.25) is 5.78 Å². The Morgan fingerprint density at radius 2 is 2.26 bits per heavy atom. The number of aromatic nitrogens is 2. The Bertz CT molecular complexity index is 434. The molecule has 2 rings (SSSR count). The lowest BCUT2D eigenvalue weighted by Crippen LogP contribution is -2.43. The second-order valence-corrected chi connectivity index (χ2v) is 5.48. The van der Waals surface area contributed by atoms with Gasteiger partial charge >= 0.3 is 0 Å². The van der Waals surface area contributed by atoms with E-state index in [1.54, 1.807) is 24.1 Å². The van der Waals surface area contributed by atoms with E-state index in [-0.39, 0.29) is 5.78 Å². The molecule has 19 heavy (non-hydrogen) atoms. The Hall–Kier alpha value is -1.20. The summed E-state index contributed by atoms with van der Waals surface area (Å²) in [7, 11) is 1.61. The molecule has 1 heterocycles. The highest BCUT2D eigenvalue weighted by atomic mass is 16.5. The molecule has 0 aliphatic heterocycles. The Morgan fingerprint density at radius 1 is 1.58 bits per heavy atom. The number of rotatable bonds is 5. The fourth-order valence-corrected chi connectivity index (χ4v) is 2.59. The van der Waals surface area contributed by atoms with Crippen molar-refractivity contribution in [1.82, 2.24) is 9.78 Å². The molecule has 0 amide bonds. The van der Waals surface area contributed by atoms with E-state index in [1.807, 2.05) is 0 Å². The monoisotopic (exact) mass is 266 g/mol. The van der Waals surface area contributed by atoms with Gasteiger partial charge in [0.25, 0.3) is 0 Å². The zero-order chi connectivity index (χ0) is 13.9. The van der Waals surface area contributed by atoms with Crippen molar-refractivity contribution in [2.75, 3.05) is 13.7 Å². The Labute approximate surface area is 113 Å². The molecule has 1 fully saturated rings. The summed E-state index contributed by atoms with van der Waals surface area (Å²) < 4.78 is 6.61. The number of nitrogens with zero attached hydrogens (tertiary/aromatic N) is 2. The van der Waals surface area contributed by atoms with Crippen molar-refractivity contribution in [2.45, 2.75) is 44.8 Å². The number of hydrogen-bond donors (Lipinski definition) is 1. The molecule has 5 nitrogen and oxygen atoms in total.